The molecule has 1 heterocycles. The van der Waals surface area contributed by atoms with E-state index in [1.165, 1.54) is 31.3 Å². The Kier molecular flexibility index (Phi) is 6.89. The second-order valence-electron chi connectivity index (χ2n) is 7.13. The van der Waals surface area contributed by atoms with Crippen LogP contribution in [-0.4, -0.2) is 69.2 Å². The second-order valence-corrected chi connectivity index (χ2v) is 7.13. The van der Waals surface area contributed by atoms with E-state index >= 15 is 0 Å². The van der Waals surface area contributed by atoms with E-state index in [9.17, 15) is 14.0 Å². The summed E-state index contributed by atoms with van der Waals surface area (Å²) in [5.74, 6) is -0.675. The molecule has 0 aromatic heterocycles. The molecule has 0 aliphatic carbocycles. The first kappa shape index (κ1) is 21.6. The zero-order chi connectivity index (χ0) is 21.7. The Labute approximate surface area is 175 Å². The molecule has 0 atom stereocenters. The smallest absolute Gasteiger partial charge is 0.337 e. The monoisotopic (exact) mass is 415 g/mol. The molecular weight excluding hydrogens is 389 g/mol. The van der Waals surface area contributed by atoms with Crippen LogP contribution in [0.25, 0.3) is 0 Å². The van der Waals surface area contributed by atoms with Crippen molar-refractivity contribution in [1.82, 2.24) is 9.80 Å². The molecule has 0 unspecified atom stereocenters. The summed E-state index contributed by atoms with van der Waals surface area (Å²) in [6, 6.07) is 11.0. The Balaban J connectivity index is 1.94. The first-order chi connectivity index (χ1) is 14.4. The van der Waals surface area contributed by atoms with Gasteiger partial charge in [-0.15, -0.1) is 0 Å². The SMILES string of the molecule is COC(=O)c1ccc(CN(C(=O)N2CCN(C)CC2)c2ccccc2OC)c(F)c1. The van der Waals surface area contributed by atoms with Crippen LogP contribution in [0.15, 0.2) is 42.5 Å². The minimum absolute atomic E-state index is 0.00116. The van der Waals surface area contributed by atoms with Crippen molar-refractivity contribution in [1.29, 1.82) is 0 Å². The number of ether oxygens (including phenoxy) is 2. The molecule has 0 saturated carbocycles. The molecule has 3 rings (SSSR count). The number of nitrogens with zero attached hydrogens (tertiary/aromatic N) is 3. The first-order valence-electron chi connectivity index (χ1n) is 9.69. The Morgan fingerprint density at radius 3 is 2.40 bits per heavy atom. The average Bonchev–Trinajstić information content (AvgIpc) is 2.77. The summed E-state index contributed by atoms with van der Waals surface area (Å²) in [7, 11) is 4.79. The van der Waals surface area contributed by atoms with E-state index in [4.69, 9.17) is 4.74 Å². The van der Waals surface area contributed by atoms with Crippen LogP contribution in [0.1, 0.15) is 15.9 Å². The lowest BCUT2D eigenvalue weighted by Crippen LogP contribution is -2.52. The van der Waals surface area contributed by atoms with Crippen molar-refractivity contribution < 1.29 is 23.5 Å². The number of amides is 2. The van der Waals surface area contributed by atoms with Crippen molar-refractivity contribution in [2.24, 2.45) is 0 Å². The second kappa shape index (κ2) is 9.58. The van der Waals surface area contributed by atoms with Gasteiger partial charge in [0.1, 0.15) is 11.6 Å². The molecule has 1 aliphatic rings. The lowest BCUT2D eigenvalue weighted by Gasteiger charge is -2.36. The fourth-order valence-corrected chi connectivity index (χ4v) is 3.37. The molecule has 1 fully saturated rings. The van der Waals surface area contributed by atoms with Crippen molar-refractivity contribution in [3.05, 3.63) is 59.4 Å². The number of para-hydroxylation sites is 2. The standard InChI is InChI=1S/C22H26FN3O4/c1-24-10-12-25(13-11-24)22(28)26(19-6-4-5-7-20(19)29-2)15-17-9-8-16(14-18(17)23)21(27)30-3/h4-9,14H,10-13,15H2,1-3H3. The lowest BCUT2D eigenvalue weighted by atomic mass is 10.1. The lowest BCUT2D eigenvalue weighted by molar-refractivity contribution is 0.0600. The van der Waals surface area contributed by atoms with E-state index < -0.39 is 11.8 Å². The average molecular weight is 415 g/mol. The molecule has 1 saturated heterocycles. The van der Waals surface area contributed by atoms with Gasteiger partial charge in [0.25, 0.3) is 0 Å². The van der Waals surface area contributed by atoms with Gasteiger partial charge in [-0.2, -0.15) is 0 Å². The molecule has 160 valence electrons. The quantitative estimate of drug-likeness (QED) is 0.703. The van der Waals surface area contributed by atoms with Crippen LogP contribution < -0.4 is 9.64 Å². The number of urea groups is 1. The summed E-state index contributed by atoms with van der Waals surface area (Å²) in [6.45, 7) is 2.72. The predicted molar refractivity (Wildman–Crippen MR) is 111 cm³/mol. The number of benzene rings is 2. The molecule has 2 amide bonds. The Morgan fingerprint density at radius 1 is 1.07 bits per heavy atom. The number of carbonyl (C=O) groups is 2. The maximum Gasteiger partial charge on any atom is 0.337 e. The highest BCUT2D eigenvalue weighted by Gasteiger charge is 2.28. The number of hydrogen-bond donors (Lipinski definition) is 0. The van der Waals surface area contributed by atoms with Gasteiger partial charge in [0.15, 0.2) is 0 Å². The molecule has 2 aromatic carbocycles. The topological polar surface area (TPSA) is 62.3 Å². The summed E-state index contributed by atoms with van der Waals surface area (Å²) in [4.78, 5) is 30.5. The Hall–Kier alpha value is -3.13. The van der Waals surface area contributed by atoms with E-state index in [1.807, 2.05) is 13.1 Å². The highest BCUT2D eigenvalue weighted by atomic mass is 19.1. The Bertz CT molecular complexity index is 913. The Morgan fingerprint density at radius 2 is 1.77 bits per heavy atom. The van der Waals surface area contributed by atoms with Crippen LogP contribution in [0.3, 0.4) is 0 Å². The van der Waals surface area contributed by atoms with Crippen LogP contribution in [0.4, 0.5) is 14.9 Å². The molecule has 8 heteroatoms. The van der Waals surface area contributed by atoms with Gasteiger partial charge < -0.3 is 19.3 Å². The number of likely N-dealkylation sites (N-methyl/N-ethyl adjacent to an activating group) is 1. The summed E-state index contributed by atoms with van der Waals surface area (Å²) < 4.78 is 24.8. The molecule has 1 aliphatic heterocycles. The van der Waals surface area contributed by atoms with E-state index in [0.29, 0.717) is 24.5 Å². The maximum atomic E-state index is 14.8. The van der Waals surface area contributed by atoms with Crippen molar-refractivity contribution in [3.63, 3.8) is 0 Å². The van der Waals surface area contributed by atoms with Gasteiger partial charge in [0, 0.05) is 31.7 Å². The van der Waals surface area contributed by atoms with Crippen molar-refractivity contribution in [2.45, 2.75) is 6.54 Å². The van der Waals surface area contributed by atoms with E-state index in [1.54, 1.807) is 23.1 Å². The van der Waals surface area contributed by atoms with Crippen LogP contribution in [-0.2, 0) is 11.3 Å². The molecular formula is C22H26FN3O4. The zero-order valence-electron chi connectivity index (χ0n) is 17.4. The number of rotatable bonds is 5. The van der Waals surface area contributed by atoms with Gasteiger partial charge in [-0.05, 0) is 31.3 Å². The molecule has 0 spiro atoms. The number of carbonyl (C=O) groups excluding carboxylic acids is 2. The summed E-state index contributed by atoms with van der Waals surface area (Å²) in [5, 5.41) is 0. The van der Waals surface area contributed by atoms with Crippen molar-refractivity contribution in [2.75, 3.05) is 52.3 Å². The highest BCUT2D eigenvalue weighted by Crippen LogP contribution is 2.30. The molecule has 0 N–H and O–H groups in total. The molecule has 0 radical (unpaired) electrons. The summed E-state index contributed by atoms with van der Waals surface area (Å²) in [6.07, 6.45) is 0. The van der Waals surface area contributed by atoms with Gasteiger partial charge in [0.05, 0.1) is 32.0 Å². The normalized spacial score (nSPS) is 14.3. The van der Waals surface area contributed by atoms with E-state index in [2.05, 4.69) is 9.64 Å². The van der Waals surface area contributed by atoms with Gasteiger partial charge in [0.2, 0.25) is 0 Å². The van der Waals surface area contributed by atoms with E-state index in [-0.39, 0.29) is 23.7 Å². The maximum absolute atomic E-state index is 14.8. The van der Waals surface area contributed by atoms with Gasteiger partial charge in [-0.25, -0.2) is 14.0 Å². The summed E-state index contributed by atoms with van der Waals surface area (Å²) in [5.41, 5.74) is 0.962. The van der Waals surface area contributed by atoms with Crippen LogP contribution >= 0.6 is 0 Å². The fraction of sp³-hybridized carbons (Fsp3) is 0.364. The summed E-state index contributed by atoms with van der Waals surface area (Å²) >= 11 is 0. The highest BCUT2D eigenvalue weighted by molar-refractivity contribution is 5.94. The van der Waals surface area contributed by atoms with Crippen molar-refractivity contribution in [3.8, 4) is 5.75 Å². The predicted octanol–water partition coefficient (Wildman–Crippen LogP) is 2.99. The number of halogens is 1. The van der Waals surface area contributed by atoms with Gasteiger partial charge in [-0.1, -0.05) is 18.2 Å². The molecule has 7 nitrogen and oxygen atoms in total. The number of methoxy groups -OCH3 is 2. The van der Waals surface area contributed by atoms with Crippen molar-refractivity contribution >= 4 is 17.7 Å². The van der Waals surface area contributed by atoms with Gasteiger partial charge in [-0.3, -0.25) is 4.90 Å². The molecule has 30 heavy (non-hydrogen) atoms. The number of esters is 1. The minimum Gasteiger partial charge on any atom is -0.495 e. The van der Waals surface area contributed by atoms with Gasteiger partial charge >= 0.3 is 12.0 Å². The number of anilines is 1. The van der Waals surface area contributed by atoms with E-state index in [0.717, 1.165) is 19.2 Å². The zero-order valence-corrected chi connectivity index (χ0v) is 17.4. The number of hydrogen-bond acceptors (Lipinski definition) is 5. The third-order valence-electron chi connectivity index (χ3n) is 5.18. The van der Waals surface area contributed by atoms with Crippen LogP contribution in [0.5, 0.6) is 5.75 Å². The van der Waals surface area contributed by atoms with Crippen LogP contribution in [0.2, 0.25) is 0 Å². The third-order valence-corrected chi connectivity index (χ3v) is 5.18. The fourth-order valence-electron chi connectivity index (χ4n) is 3.37. The largest absolute Gasteiger partial charge is 0.495 e. The molecule has 0 bridgehead atoms. The molecule has 2 aromatic rings. The third kappa shape index (κ3) is 4.71. The number of piperazine rings is 1. The minimum atomic E-state index is -0.615. The van der Waals surface area contributed by atoms with Crippen LogP contribution in [0, 0.1) is 5.82 Å². The first-order valence-corrected chi connectivity index (χ1v) is 9.69.